The molecule has 0 spiro atoms. The molecule has 0 bridgehead atoms. The van der Waals surface area contributed by atoms with E-state index in [1.165, 1.54) is 19.2 Å². The van der Waals surface area contributed by atoms with Crippen LogP contribution in [0, 0.1) is 11.3 Å². The van der Waals surface area contributed by atoms with E-state index in [1.807, 2.05) is 11.0 Å². The van der Waals surface area contributed by atoms with Gasteiger partial charge in [-0.15, -0.1) is 0 Å². The highest BCUT2D eigenvalue weighted by atomic mass is 19.1. The number of likely N-dealkylation sites (tertiary alicyclic amines) is 1. The molecule has 3 heterocycles. The third-order valence-electron chi connectivity index (χ3n) is 8.89. The second kappa shape index (κ2) is 19.8. The van der Waals surface area contributed by atoms with Crippen LogP contribution in [0.2, 0.25) is 0 Å². The van der Waals surface area contributed by atoms with Crippen LogP contribution in [0.3, 0.4) is 0 Å². The number of hydrogen-bond donors (Lipinski definition) is 4. The summed E-state index contributed by atoms with van der Waals surface area (Å²) in [5.41, 5.74) is -0.881. The fourth-order valence-corrected chi connectivity index (χ4v) is 6.30. The molecule has 2 saturated heterocycles. The number of benzene rings is 1. The number of carboxylic acid groups (broad SMARTS) is 2. The second-order valence-corrected chi connectivity index (χ2v) is 13.3. The summed E-state index contributed by atoms with van der Waals surface area (Å²) in [7, 11) is 0. The summed E-state index contributed by atoms with van der Waals surface area (Å²) in [5, 5.41) is 33.7. The van der Waals surface area contributed by atoms with Crippen LogP contribution in [0.4, 0.5) is 4.39 Å². The van der Waals surface area contributed by atoms with Crippen molar-refractivity contribution < 1.29 is 48.0 Å². The number of carboxylic acids is 2. The van der Waals surface area contributed by atoms with Crippen LogP contribution in [0.15, 0.2) is 30.5 Å². The van der Waals surface area contributed by atoms with Gasteiger partial charge in [0, 0.05) is 57.3 Å². The van der Waals surface area contributed by atoms with Gasteiger partial charge in [0.2, 0.25) is 11.8 Å². The first kappa shape index (κ1) is 40.8. The third-order valence-corrected chi connectivity index (χ3v) is 8.89. The summed E-state index contributed by atoms with van der Waals surface area (Å²) in [6.07, 6.45) is 2.05. The Labute approximate surface area is 306 Å². The monoisotopic (exact) mass is 742 g/mol. The average Bonchev–Trinajstić information content (AvgIpc) is 3.44. The largest absolute Gasteiger partial charge is 0.491 e. The zero-order chi connectivity index (χ0) is 38.4. The minimum atomic E-state index is -1.67. The molecule has 2 atom stereocenters. The lowest BCUT2D eigenvalue weighted by atomic mass is 10.1. The van der Waals surface area contributed by atoms with Crippen LogP contribution < -0.4 is 15.4 Å². The van der Waals surface area contributed by atoms with Gasteiger partial charge < -0.3 is 35.2 Å². The predicted octanol–water partition coefficient (Wildman–Crippen LogP) is -0.192. The average molecular weight is 743 g/mol. The molecule has 18 heteroatoms. The van der Waals surface area contributed by atoms with E-state index in [2.05, 4.69) is 15.6 Å². The second-order valence-electron chi connectivity index (χ2n) is 13.3. The number of aliphatic carboxylic acids is 2. The molecule has 1 unspecified atom stereocenters. The van der Waals surface area contributed by atoms with Crippen molar-refractivity contribution in [2.45, 2.75) is 31.5 Å². The number of pyridine rings is 1. The van der Waals surface area contributed by atoms with E-state index in [-0.39, 0.29) is 70.4 Å². The van der Waals surface area contributed by atoms with E-state index < -0.39 is 42.0 Å². The van der Waals surface area contributed by atoms with Gasteiger partial charge in [0.1, 0.15) is 24.1 Å². The predicted molar refractivity (Wildman–Crippen MR) is 188 cm³/mol. The van der Waals surface area contributed by atoms with Crippen molar-refractivity contribution in [3.8, 4) is 11.8 Å². The van der Waals surface area contributed by atoms with Crippen LogP contribution in [0.5, 0.6) is 5.75 Å². The van der Waals surface area contributed by atoms with Crippen LogP contribution in [-0.4, -0.2) is 175 Å². The Morgan fingerprint density at radius 2 is 1.60 bits per heavy atom. The van der Waals surface area contributed by atoms with Crippen molar-refractivity contribution in [2.75, 3.05) is 98.4 Å². The van der Waals surface area contributed by atoms with Crippen LogP contribution >= 0.6 is 0 Å². The summed E-state index contributed by atoms with van der Waals surface area (Å²) in [5.74, 6) is -2.77. The lowest BCUT2D eigenvalue weighted by molar-refractivity contribution is -0.140. The lowest BCUT2D eigenvalue weighted by Gasteiger charge is -2.31. The molecule has 2 aliphatic heterocycles. The number of rotatable bonds is 16. The van der Waals surface area contributed by atoms with E-state index in [1.54, 1.807) is 28.0 Å². The molecule has 1 aromatic carbocycles. The van der Waals surface area contributed by atoms with Gasteiger partial charge in [-0.25, -0.2) is 4.39 Å². The minimum Gasteiger partial charge on any atom is -0.491 e. The molecule has 4 rings (SSSR count). The van der Waals surface area contributed by atoms with Gasteiger partial charge in [0.15, 0.2) is 0 Å². The number of hydrogen-bond acceptors (Lipinski definition) is 12. The zero-order valence-corrected chi connectivity index (χ0v) is 29.8. The van der Waals surface area contributed by atoms with Crippen molar-refractivity contribution in [3.63, 3.8) is 0 Å². The zero-order valence-electron chi connectivity index (χ0n) is 29.8. The van der Waals surface area contributed by atoms with Gasteiger partial charge in [-0.05, 0) is 44.2 Å². The normalized spacial score (nSPS) is 20.4. The SMILES string of the molecule is CC1(F)C[C@@H](C#N)N(C(=O)CNC(=O)c2ccnc3ccc(OCCOCCNC(=O)CN4CCCN(CC(=O)O)CCN(CC(=O)O)CC4)cc23)C1. The smallest absolute Gasteiger partial charge is 0.317 e. The van der Waals surface area contributed by atoms with Crippen LogP contribution in [0.25, 0.3) is 10.9 Å². The summed E-state index contributed by atoms with van der Waals surface area (Å²) >= 11 is 0. The first-order valence-electron chi connectivity index (χ1n) is 17.5. The number of carbonyl (C=O) groups excluding carboxylic acids is 3. The van der Waals surface area contributed by atoms with E-state index in [4.69, 9.17) is 9.47 Å². The summed E-state index contributed by atoms with van der Waals surface area (Å²) < 4.78 is 25.8. The molecule has 1 aromatic heterocycles. The highest BCUT2D eigenvalue weighted by molar-refractivity contribution is 6.07. The van der Waals surface area contributed by atoms with Gasteiger partial charge in [-0.2, -0.15) is 5.26 Å². The fraction of sp³-hybridized carbons (Fsp3) is 0.571. The number of carbonyl (C=O) groups is 5. The van der Waals surface area contributed by atoms with Crippen molar-refractivity contribution in [1.82, 2.24) is 35.2 Å². The van der Waals surface area contributed by atoms with Gasteiger partial charge in [0.05, 0.1) is 63.1 Å². The number of alkyl halides is 1. The number of nitrogens with zero attached hydrogens (tertiary/aromatic N) is 6. The number of amides is 3. The molecule has 0 radical (unpaired) electrons. The highest BCUT2D eigenvalue weighted by Crippen LogP contribution is 2.30. The number of fused-ring (bicyclic) bond motifs is 1. The highest BCUT2D eigenvalue weighted by Gasteiger charge is 2.43. The maximum Gasteiger partial charge on any atom is 0.317 e. The number of nitriles is 1. The Morgan fingerprint density at radius 3 is 2.26 bits per heavy atom. The van der Waals surface area contributed by atoms with Gasteiger partial charge in [-0.1, -0.05) is 0 Å². The van der Waals surface area contributed by atoms with Crippen molar-refractivity contribution in [2.24, 2.45) is 0 Å². The van der Waals surface area contributed by atoms with Crippen molar-refractivity contribution in [1.29, 1.82) is 5.26 Å². The molecule has 0 saturated carbocycles. The number of halogens is 1. The molecule has 53 heavy (non-hydrogen) atoms. The first-order valence-corrected chi connectivity index (χ1v) is 17.5. The van der Waals surface area contributed by atoms with Crippen molar-refractivity contribution in [3.05, 3.63) is 36.0 Å². The Kier molecular flexibility index (Phi) is 15.2. The molecule has 2 aliphatic rings. The van der Waals surface area contributed by atoms with E-state index in [0.717, 1.165) is 4.90 Å². The maximum absolute atomic E-state index is 14.4. The van der Waals surface area contributed by atoms with E-state index >= 15 is 0 Å². The summed E-state index contributed by atoms with van der Waals surface area (Å²) in [6, 6.07) is 7.60. The number of ether oxygens (including phenoxy) is 2. The molecule has 17 nitrogen and oxygen atoms in total. The molecule has 0 aliphatic carbocycles. The van der Waals surface area contributed by atoms with Crippen molar-refractivity contribution >= 4 is 40.6 Å². The summed E-state index contributed by atoms with van der Waals surface area (Å²) in [4.78, 5) is 71.8. The maximum atomic E-state index is 14.4. The third kappa shape index (κ3) is 13.2. The molecule has 288 valence electrons. The Bertz CT molecular complexity index is 1650. The molecule has 2 aromatic rings. The Balaban J connectivity index is 1.18. The van der Waals surface area contributed by atoms with Crippen LogP contribution in [-0.2, 0) is 23.9 Å². The standard InChI is InChI=1S/C35H47FN8O9/c1-35(36)18-25(19-37)44(24-35)31(46)20-40-34(51)27-5-6-38-29-4-3-26(17-28(27)29)53-16-15-52-14-7-39-30(45)21-41-8-2-9-42(22-32(47)48)11-13-43(12-10-41)23-33(49)50/h3-6,17,25H,2,7-16,18,20-24H2,1H3,(H,39,45)(H,40,51)(H,47,48)(H,49,50)/t25-,35?/m0/s1. The van der Waals surface area contributed by atoms with E-state index in [0.29, 0.717) is 62.3 Å². The molecule has 3 amide bonds. The lowest BCUT2D eigenvalue weighted by Crippen LogP contribution is -2.47. The van der Waals surface area contributed by atoms with Gasteiger partial charge in [0.25, 0.3) is 5.91 Å². The molecule has 4 N–H and O–H groups in total. The number of aromatic nitrogens is 1. The quantitative estimate of drug-likeness (QED) is 0.164. The fourth-order valence-electron chi connectivity index (χ4n) is 6.30. The van der Waals surface area contributed by atoms with Crippen LogP contribution in [0.1, 0.15) is 30.1 Å². The Morgan fingerprint density at radius 1 is 0.943 bits per heavy atom. The topological polar surface area (TPSA) is 218 Å². The molecular weight excluding hydrogens is 695 g/mol. The van der Waals surface area contributed by atoms with E-state index in [9.17, 15) is 43.8 Å². The number of nitrogens with one attached hydrogen (secondary N) is 2. The molecular formula is C35H47FN8O9. The summed E-state index contributed by atoms with van der Waals surface area (Å²) in [6.45, 7) is 4.27. The minimum absolute atomic E-state index is 0.0828. The first-order chi connectivity index (χ1) is 25.3. The molecule has 2 fully saturated rings. The van der Waals surface area contributed by atoms with Gasteiger partial charge in [-0.3, -0.25) is 43.7 Å². The van der Waals surface area contributed by atoms with Gasteiger partial charge >= 0.3 is 11.9 Å². The Hall–Kier alpha value is -4.96.